The van der Waals surface area contributed by atoms with Gasteiger partial charge in [-0.05, 0) is 56.6 Å². The Morgan fingerprint density at radius 3 is 2.67 bits per heavy atom. The van der Waals surface area contributed by atoms with E-state index in [1.807, 2.05) is 0 Å². The van der Waals surface area contributed by atoms with Crippen molar-refractivity contribution in [3.63, 3.8) is 0 Å². The monoisotopic (exact) mass is 268 g/mol. The van der Waals surface area contributed by atoms with Crippen molar-refractivity contribution in [1.29, 1.82) is 0 Å². The average Bonchev–Trinajstić information content (AvgIpc) is 2.30. The van der Waals surface area contributed by atoms with Crippen LogP contribution < -0.4 is 0 Å². The van der Waals surface area contributed by atoms with Crippen LogP contribution in [0.3, 0.4) is 0 Å². The second-order valence-corrected chi connectivity index (χ2v) is 8.24. The SMILES string of the molecule is C=C(C)CC(C)CCC1CCC(C)(SC)C(C)C1. The van der Waals surface area contributed by atoms with E-state index in [9.17, 15) is 0 Å². The molecule has 1 rings (SSSR count). The third-order valence-corrected chi connectivity index (χ3v) is 6.55. The molecule has 18 heavy (non-hydrogen) atoms. The van der Waals surface area contributed by atoms with Crippen molar-refractivity contribution in [3.05, 3.63) is 12.2 Å². The van der Waals surface area contributed by atoms with Crippen LogP contribution in [0.15, 0.2) is 12.2 Å². The summed E-state index contributed by atoms with van der Waals surface area (Å²) in [6.45, 7) is 13.5. The molecule has 0 heterocycles. The van der Waals surface area contributed by atoms with Crippen molar-refractivity contribution in [3.8, 4) is 0 Å². The first-order valence-corrected chi connectivity index (χ1v) is 8.79. The minimum atomic E-state index is 0.541. The van der Waals surface area contributed by atoms with E-state index < -0.39 is 0 Å². The molecule has 0 aliphatic heterocycles. The molecule has 1 fully saturated rings. The lowest BCUT2D eigenvalue weighted by atomic mass is 9.73. The fraction of sp³-hybridized carbons (Fsp3) is 0.882. The Morgan fingerprint density at radius 1 is 1.50 bits per heavy atom. The highest BCUT2D eigenvalue weighted by Gasteiger charge is 2.36. The quantitative estimate of drug-likeness (QED) is 0.538. The van der Waals surface area contributed by atoms with Crippen LogP contribution in [-0.4, -0.2) is 11.0 Å². The van der Waals surface area contributed by atoms with Gasteiger partial charge in [0.05, 0.1) is 0 Å². The number of rotatable bonds is 6. The second kappa shape index (κ2) is 7.03. The van der Waals surface area contributed by atoms with Gasteiger partial charge in [0, 0.05) is 4.75 Å². The Hall–Kier alpha value is 0.0900. The van der Waals surface area contributed by atoms with Crippen LogP contribution in [0.2, 0.25) is 0 Å². The lowest BCUT2D eigenvalue weighted by molar-refractivity contribution is 0.216. The van der Waals surface area contributed by atoms with Crippen LogP contribution in [-0.2, 0) is 0 Å². The Labute approximate surface area is 119 Å². The Bertz CT molecular complexity index is 271. The summed E-state index contributed by atoms with van der Waals surface area (Å²) >= 11 is 2.08. The number of hydrogen-bond donors (Lipinski definition) is 0. The first kappa shape index (κ1) is 16.1. The Kier molecular flexibility index (Phi) is 6.30. The van der Waals surface area contributed by atoms with E-state index >= 15 is 0 Å². The summed E-state index contributed by atoms with van der Waals surface area (Å²) in [6, 6.07) is 0. The standard InChI is InChI=1S/C17H32S/c1-13(2)11-14(3)7-8-16-9-10-17(5,18-6)15(4)12-16/h14-16H,1,7-12H2,2-6H3. The lowest BCUT2D eigenvalue weighted by Gasteiger charge is -2.42. The molecule has 0 aromatic carbocycles. The van der Waals surface area contributed by atoms with Crippen molar-refractivity contribution in [1.82, 2.24) is 0 Å². The molecule has 1 heteroatoms. The van der Waals surface area contributed by atoms with Crippen molar-refractivity contribution >= 4 is 11.8 Å². The van der Waals surface area contributed by atoms with Gasteiger partial charge in [-0.1, -0.05) is 39.2 Å². The highest BCUT2D eigenvalue weighted by molar-refractivity contribution is 7.99. The van der Waals surface area contributed by atoms with E-state index in [0.717, 1.165) is 17.8 Å². The molecule has 0 bridgehead atoms. The normalized spacial score (nSPS) is 34.3. The molecule has 106 valence electrons. The van der Waals surface area contributed by atoms with E-state index in [4.69, 9.17) is 0 Å². The van der Waals surface area contributed by atoms with Gasteiger partial charge in [0.15, 0.2) is 0 Å². The molecule has 0 aromatic heterocycles. The van der Waals surface area contributed by atoms with Crippen LogP contribution in [0.25, 0.3) is 0 Å². The molecular formula is C17H32S. The minimum Gasteiger partial charge on any atom is -0.159 e. The maximum Gasteiger partial charge on any atom is 0.0154 e. The first-order valence-electron chi connectivity index (χ1n) is 7.57. The largest absolute Gasteiger partial charge is 0.159 e. The molecule has 0 spiro atoms. The predicted octanol–water partition coefficient (Wildman–Crippen LogP) is 5.93. The smallest absolute Gasteiger partial charge is 0.0154 e. The summed E-state index contributed by atoms with van der Waals surface area (Å²) in [6.07, 6.45) is 10.6. The lowest BCUT2D eigenvalue weighted by Crippen LogP contribution is -2.35. The zero-order chi connectivity index (χ0) is 13.8. The van der Waals surface area contributed by atoms with Gasteiger partial charge in [-0.15, -0.1) is 6.58 Å². The molecule has 0 N–H and O–H groups in total. The summed E-state index contributed by atoms with van der Waals surface area (Å²) in [5, 5.41) is 0. The summed E-state index contributed by atoms with van der Waals surface area (Å²) in [4.78, 5) is 0. The van der Waals surface area contributed by atoms with Crippen molar-refractivity contribution in [2.24, 2.45) is 17.8 Å². The van der Waals surface area contributed by atoms with E-state index in [-0.39, 0.29) is 0 Å². The zero-order valence-corrected chi connectivity index (χ0v) is 13.9. The van der Waals surface area contributed by atoms with Gasteiger partial charge in [0.2, 0.25) is 0 Å². The van der Waals surface area contributed by atoms with Gasteiger partial charge < -0.3 is 0 Å². The van der Waals surface area contributed by atoms with Gasteiger partial charge in [-0.25, -0.2) is 0 Å². The maximum atomic E-state index is 4.03. The molecule has 0 radical (unpaired) electrons. The predicted molar refractivity (Wildman–Crippen MR) is 86.3 cm³/mol. The topological polar surface area (TPSA) is 0 Å². The molecule has 0 nitrogen and oxygen atoms in total. The molecule has 1 aliphatic rings. The van der Waals surface area contributed by atoms with Crippen LogP contribution in [0.1, 0.15) is 66.2 Å². The number of thioether (sulfide) groups is 1. The Balaban J connectivity index is 2.32. The van der Waals surface area contributed by atoms with Crippen LogP contribution in [0.4, 0.5) is 0 Å². The molecule has 0 saturated heterocycles. The second-order valence-electron chi connectivity index (χ2n) is 6.90. The van der Waals surface area contributed by atoms with Crippen LogP contribution in [0.5, 0.6) is 0 Å². The molecular weight excluding hydrogens is 236 g/mol. The van der Waals surface area contributed by atoms with Crippen molar-refractivity contribution in [2.75, 3.05) is 6.26 Å². The van der Waals surface area contributed by atoms with Gasteiger partial charge in [0.25, 0.3) is 0 Å². The van der Waals surface area contributed by atoms with E-state index in [1.165, 1.54) is 44.1 Å². The van der Waals surface area contributed by atoms with Gasteiger partial charge >= 0.3 is 0 Å². The summed E-state index contributed by atoms with van der Waals surface area (Å²) < 4.78 is 0.541. The van der Waals surface area contributed by atoms with Gasteiger partial charge in [-0.2, -0.15) is 11.8 Å². The highest BCUT2D eigenvalue weighted by Crippen LogP contribution is 2.45. The molecule has 1 saturated carbocycles. The van der Waals surface area contributed by atoms with E-state index in [1.54, 1.807) is 0 Å². The minimum absolute atomic E-state index is 0.541. The van der Waals surface area contributed by atoms with Crippen LogP contribution in [0, 0.1) is 17.8 Å². The van der Waals surface area contributed by atoms with E-state index in [2.05, 4.69) is 52.3 Å². The molecule has 4 unspecified atom stereocenters. The fourth-order valence-corrected chi connectivity index (χ4v) is 4.21. The molecule has 0 aromatic rings. The third kappa shape index (κ3) is 4.64. The Morgan fingerprint density at radius 2 is 2.17 bits per heavy atom. The van der Waals surface area contributed by atoms with Gasteiger partial charge in [0.1, 0.15) is 0 Å². The number of hydrogen-bond acceptors (Lipinski definition) is 1. The zero-order valence-electron chi connectivity index (χ0n) is 13.1. The third-order valence-electron chi connectivity index (χ3n) is 5.01. The summed E-state index contributed by atoms with van der Waals surface area (Å²) in [5.74, 6) is 2.68. The van der Waals surface area contributed by atoms with Gasteiger partial charge in [-0.3, -0.25) is 0 Å². The molecule has 4 atom stereocenters. The fourth-order valence-electron chi connectivity index (χ4n) is 3.39. The van der Waals surface area contributed by atoms with Crippen molar-refractivity contribution < 1.29 is 0 Å². The van der Waals surface area contributed by atoms with Crippen LogP contribution >= 0.6 is 11.8 Å². The maximum absolute atomic E-state index is 4.03. The molecule has 0 amide bonds. The van der Waals surface area contributed by atoms with E-state index in [0.29, 0.717) is 4.75 Å². The molecule has 1 aliphatic carbocycles. The average molecular weight is 269 g/mol. The highest BCUT2D eigenvalue weighted by atomic mass is 32.2. The number of allylic oxidation sites excluding steroid dienone is 1. The first-order chi connectivity index (χ1) is 8.37. The summed E-state index contributed by atoms with van der Waals surface area (Å²) in [5.41, 5.74) is 1.34. The summed E-state index contributed by atoms with van der Waals surface area (Å²) in [7, 11) is 0. The van der Waals surface area contributed by atoms with Crippen molar-refractivity contribution in [2.45, 2.75) is 71.0 Å².